The van der Waals surface area contributed by atoms with Crippen LogP contribution in [0, 0.1) is 6.92 Å². The molecule has 0 aliphatic carbocycles. The van der Waals surface area contributed by atoms with Gasteiger partial charge in [-0.2, -0.15) is 0 Å². The minimum Gasteiger partial charge on any atom is -0.379 e. The molecule has 1 saturated heterocycles. The van der Waals surface area contributed by atoms with E-state index in [9.17, 15) is 9.59 Å². The SMILES string of the molecule is Cc1nc2c(c(=O)[nH]c(=O)n2C)n1CCCCCCCCCCCCCCCCN1CCOCC1. The second kappa shape index (κ2) is 15.2. The molecule has 8 nitrogen and oxygen atoms in total. The lowest BCUT2D eigenvalue weighted by atomic mass is 10.0. The van der Waals surface area contributed by atoms with Crippen molar-refractivity contribution in [2.45, 2.75) is 103 Å². The van der Waals surface area contributed by atoms with Crippen LogP contribution in [-0.2, 0) is 18.3 Å². The fraction of sp³-hybridized carbons (Fsp3) is 0.815. The molecule has 198 valence electrons. The zero-order valence-corrected chi connectivity index (χ0v) is 22.2. The summed E-state index contributed by atoms with van der Waals surface area (Å²) < 4.78 is 8.77. The number of ether oxygens (including phenoxy) is 1. The van der Waals surface area contributed by atoms with Crippen molar-refractivity contribution in [1.82, 2.24) is 24.0 Å². The molecule has 2 aromatic heterocycles. The van der Waals surface area contributed by atoms with Crippen molar-refractivity contribution in [1.29, 1.82) is 0 Å². The Kier molecular flexibility index (Phi) is 12.0. The average Bonchev–Trinajstić information content (AvgIpc) is 3.19. The van der Waals surface area contributed by atoms with E-state index in [4.69, 9.17) is 4.74 Å². The normalized spacial score (nSPS) is 14.8. The van der Waals surface area contributed by atoms with E-state index in [1.807, 2.05) is 11.5 Å². The fourth-order valence-corrected chi connectivity index (χ4v) is 5.17. The second-order valence-electron chi connectivity index (χ2n) is 10.2. The van der Waals surface area contributed by atoms with Crippen LogP contribution in [0.2, 0.25) is 0 Å². The van der Waals surface area contributed by atoms with Crippen LogP contribution in [0.5, 0.6) is 0 Å². The third-order valence-electron chi connectivity index (χ3n) is 7.41. The number of nitrogens with one attached hydrogen (secondary N) is 1. The number of aromatic amines is 1. The van der Waals surface area contributed by atoms with E-state index >= 15 is 0 Å². The van der Waals surface area contributed by atoms with Gasteiger partial charge in [0.15, 0.2) is 11.2 Å². The van der Waals surface area contributed by atoms with E-state index in [1.165, 1.54) is 88.2 Å². The van der Waals surface area contributed by atoms with Gasteiger partial charge in [-0.05, 0) is 26.3 Å². The Labute approximate surface area is 210 Å². The van der Waals surface area contributed by atoms with Gasteiger partial charge in [-0.1, -0.05) is 77.0 Å². The van der Waals surface area contributed by atoms with Crippen LogP contribution in [0.1, 0.15) is 95.7 Å². The predicted octanol–water partition coefficient (Wildman–Crippen LogP) is 4.53. The number of aryl methyl sites for hydroxylation is 3. The van der Waals surface area contributed by atoms with Crippen molar-refractivity contribution in [2.24, 2.45) is 7.05 Å². The number of aromatic nitrogens is 4. The van der Waals surface area contributed by atoms with Gasteiger partial charge in [0.05, 0.1) is 13.2 Å². The highest BCUT2D eigenvalue weighted by molar-refractivity contribution is 5.70. The third-order valence-corrected chi connectivity index (χ3v) is 7.41. The number of hydrogen-bond donors (Lipinski definition) is 1. The molecule has 1 fully saturated rings. The number of fused-ring (bicyclic) bond motifs is 1. The molecule has 8 heteroatoms. The highest BCUT2D eigenvalue weighted by atomic mass is 16.5. The second-order valence-corrected chi connectivity index (χ2v) is 10.2. The highest BCUT2D eigenvalue weighted by Gasteiger charge is 2.14. The van der Waals surface area contributed by atoms with Crippen LogP contribution in [0.3, 0.4) is 0 Å². The summed E-state index contributed by atoms with van der Waals surface area (Å²) in [5.41, 5.74) is 0.229. The minimum absolute atomic E-state index is 0.340. The van der Waals surface area contributed by atoms with Crippen molar-refractivity contribution in [3.05, 3.63) is 26.7 Å². The van der Waals surface area contributed by atoms with Crippen LogP contribution < -0.4 is 11.2 Å². The average molecular weight is 490 g/mol. The summed E-state index contributed by atoms with van der Waals surface area (Å²) in [4.78, 5) is 33.4. The first kappa shape index (κ1) is 27.7. The molecule has 0 atom stereocenters. The molecule has 1 aliphatic heterocycles. The molecule has 0 amide bonds. The summed E-state index contributed by atoms with van der Waals surface area (Å²) in [7, 11) is 1.65. The van der Waals surface area contributed by atoms with Gasteiger partial charge in [0.25, 0.3) is 5.56 Å². The summed E-state index contributed by atoms with van der Waals surface area (Å²) in [5, 5.41) is 0. The molecule has 3 rings (SSSR count). The third kappa shape index (κ3) is 8.90. The molecule has 3 heterocycles. The lowest BCUT2D eigenvalue weighted by Crippen LogP contribution is -2.36. The van der Waals surface area contributed by atoms with Gasteiger partial charge in [0.2, 0.25) is 0 Å². The van der Waals surface area contributed by atoms with E-state index in [0.29, 0.717) is 11.2 Å². The van der Waals surface area contributed by atoms with Crippen LogP contribution in [0.4, 0.5) is 0 Å². The highest BCUT2D eigenvalue weighted by Crippen LogP contribution is 2.15. The Hall–Kier alpha value is -1.93. The summed E-state index contributed by atoms with van der Waals surface area (Å²) in [6.07, 6.45) is 18.5. The van der Waals surface area contributed by atoms with Crippen LogP contribution in [0.15, 0.2) is 9.59 Å². The number of nitrogens with zero attached hydrogens (tertiary/aromatic N) is 4. The number of unbranched alkanes of at least 4 members (excludes halogenated alkanes) is 13. The number of H-pyrrole nitrogens is 1. The smallest absolute Gasteiger partial charge is 0.329 e. The van der Waals surface area contributed by atoms with E-state index < -0.39 is 5.69 Å². The molecule has 0 saturated carbocycles. The topological polar surface area (TPSA) is 85.2 Å². The molecular formula is C27H47N5O3. The van der Waals surface area contributed by atoms with Gasteiger partial charge in [-0.25, -0.2) is 9.78 Å². The quantitative estimate of drug-likeness (QED) is 0.330. The molecule has 2 aromatic rings. The molecule has 35 heavy (non-hydrogen) atoms. The lowest BCUT2D eigenvalue weighted by molar-refractivity contribution is 0.0371. The first-order valence-corrected chi connectivity index (χ1v) is 14.0. The van der Waals surface area contributed by atoms with Gasteiger partial charge in [-0.15, -0.1) is 0 Å². The Balaban J connectivity index is 1.13. The summed E-state index contributed by atoms with van der Waals surface area (Å²) in [5.74, 6) is 0.791. The minimum atomic E-state index is -0.415. The Bertz CT molecular complexity index is 987. The van der Waals surface area contributed by atoms with E-state index in [1.54, 1.807) is 7.05 Å². The molecule has 0 aromatic carbocycles. The zero-order chi connectivity index (χ0) is 24.9. The van der Waals surface area contributed by atoms with Crippen molar-refractivity contribution >= 4 is 11.2 Å². The van der Waals surface area contributed by atoms with E-state index in [-0.39, 0.29) is 5.56 Å². The van der Waals surface area contributed by atoms with E-state index in [0.717, 1.165) is 51.5 Å². The van der Waals surface area contributed by atoms with Crippen molar-refractivity contribution in [2.75, 3.05) is 32.8 Å². The fourth-order valence-electron chi connectivity index (χ4n) is 5.17. The van der Waals surface area contributed by atoms with Crippen LogP contribution in [-0.4, -0.2) is 56.9 Å². The number of hydrogen-bond acceptors (Lipinski definition) is 5. The van der Waals surface area contributed by atoms with Crippen molar-refractivity contribution in [3.8, 4) is 0 Å². The van der Waals surface area contributed by atoms with Gasteiger partial charge >= 0.3 is 5.69 Å². The van der Waals surface area contributed by atoms with Crippen LogP contribution >= 0.6 is 0 Å². The standard InChI is InChI=1S/C27H47N5O3/c1-23-28-25-24(26(33)29-27(34)30(25)2)32(23)18-16-14-12-10-8-6-4-3-5-7-9-11-13-15-17-31-19-21-35-22-20-31/h3-22H2,1-2H3,(H,29,33,34). The first-order valence-electron chi connectivity index (χ1n) is 14.0. The Morgan fingerprint density at radius 3 is 1.80 bits per heavy atom. The van der Waals surface area contributed by atoms with Gasteiger partial charge in [0.1, 0.15) is 5.82 Å². The van der Waals surface area contributed by atoms with Gasteiger partial charge in [-0.3, -0.25) is 19.2 Å². The largest absolute Gasteiger partial charge is 0.379 e. The molecule has 0 bridgehead atoms. The number of morpholine rings is 1. The van der Waals surface area contributed by atoms with Crippen molar-refractivity contribution in [3.63, 3.8) is 0 Å². The molecule has 0 spiro atoms. The first-order chi connectivity index (χ1) is 17.1. The number of imidazole rings is 1. The maximum absolute atomic E-state index is 12.3. The molecule has 1 aliphatic rings. The van der Waals surface area contributed by atoms with Crippen LogP contribution in [0.25, 0.3) is 11.2 Å². The van der Waals surface area contributed by atoms with Gasteiger partial charge in [0, 0.05) is 26.7 Å². The molecule has 0 radical (unpaired) electrons. The molecular weight excluding hydrogens is 442 g/mol. The monoisotopic (exact) mass is 489 g/mol. The summed E-state index contributed by atoms with van der Waals surface area (Å²) in [6, 6.07) is 0. The predicted molar refractivity (Wildman–Crippen MR) is 142 cm³/mol. The molecule has 0 unspecified atom stereocenters. The molecule has 1 N–H and O–H groups in total. The van der Waals surface area contributed by atoms with Gasteiger partial charge < -0.3 is 9.30 Å². The maximum Gasteiger partial charge on any atom is 0.329 e. The maximum atomic E-state index is 12.3. The number of rotatable bonds is 17. The van der Waals surface area contributed by atoms with Crippen molar-refractivity contribution < 1.29 is 4.74 Å². The summed E-state index contributed by atoms with van der Waals surface area (Å²) in [6.45, 7) is 8.00. The van der Waals surface area contributed by atoms with E-state index in [2.05, 4.69) is 14.9 Å². The Morgan fingerprint density at radius 2 is 1.26 bits per heavy atom. The summed E-state index contributed by atoms with van der Waals surface area (Å²) >= 11 is 0. The zero-order valence-electron chi connectivity index (χ0n) is 22.2. The Morgan fingerprint density at radius 1 is 0.771 bits per heavy atom. The lowest BCUT2D eigenvalue weighted by Gasteiger charge is -2.26.